The van der Waals surface area contributed by atoms with E-state index < -0.39 is 5.72 Å². The Balaban J connectivity index is 2.34. The summed E-state index contributed by atoms with van der Waals surface area (Å²) in [5.74, 6) is 0.536. The van der Waals surface area contributed by atoms with Crippen molar-refractivity contribution in [1.82, 2.24) is 5.32 Å². The van der Waals surface area contributed by atoms with Gasteiger partial charge < -0.3 is 9.47 Å². The molecule has 112 valence electrons. The fourth-order valence-electron chi connectivity index (χ4n) is 2.51. The monoisotopic (exact) mass is 389 g/mol. The average Bonchev–Trinajstić information content (AvgIpc) is 3.19. The molecule has 0 heterocycles. The topological polar surface area (TPSA) is 30.5 Å². The Morgan fingerprint density at radius 2 is 2.05 bits per heavy atom. The zero-order chi connectivity index (χ0) is 14.6. The lowest BCUT2D eigenvalue weighted by atomic mass is 9.92. The van der Waals surface area contributed by atoms with Gasteiger partial charge in [0.2, 0.25) is 0 Å². The molecule has 1 N–H and O–H groups in total. The molecular formula is C16H24INO2. The van der Waals surface area contributed by atoms with Gasteiger partial charge in [-0.2, -0.15) is 0 Å². The number of methoxy groups -OCH3 is 1. The summed E-state index contributed by atoms with van der Waals surface area (Å²) < 4.78 is 12.6. The van der Waals surface area contributed by atoms with Crippen LogP contribution >= 0.6 is 22.6 Å². The summed E-state index contributed by atoms with van der Waals surface area (Å²) >= 11 is 2.39. The largest absolute Gasteiger partial charge is 0.359 e. The Morgan fingerprint density at radius 1 is 1.35 bits per heavy atom. The van der Waals surface area contributed by atoms with Gasteiger partial charge in [0.25, 0.3) is 0 Å². The maximum absolute atomic E-state index is 6.17. The molecular weight excluding hydrogens is 365 g/mol. The number of rotatable bonds is 8. The van der Waals surface area contributed by atoms with Crippen molar-refractivity contribution in [2.45, 2.75) is 44.9 Å². The van der Waals surface area contributed by atoms with Crippen molar-refractivity contribution >= 4 is 22.6 Å². The van der Waals surface area contributed by atoms with Gasteiger partial charge in [0.15, 0.2) is 0 Å². The molecule has 1 aliphatic carbocycles. The van der Waals surface area contributed by atoms with Crippen LogP contribution in [-0.4, -0.2) is 19.9 Å². The highest BCUT2D eigenvalue weighted by Crippen LogP contribution is 2.36. The predicted octanol–water partition coefficient (Wildman–Crippen LogP) is 3.86. The smallest absolute Gasteiger partial charge is 0.149 e. The van der Waals surface area contributed by atoms with Crippen LogP contribution < -0.4 is 5.32 Å². The molecule has 1 unspecified atom stereocenters. The first kappa shape index (κ1) is 16.2. The van der Waals surface area contributed by atoms with Gasteiger partial charge in [-0.15, -0.1) is 0 Å². The molecule has 1 fully saturated rings. The molecule has 0 radical (unpaired) electrons. The van der Waals surface area contributed by atoms with Gasteiger partial charge >= 0.3 is 0 Å². The van der Waals surface area contributed by atoms with E-state index in [0.717, 1.165) is 6.42 Å². The lowest BCUT2D eigenvalue weighted by Crippen LogP contribution is -2.48. The molecule has 0 bridgehead atoms. The maximum atomic E-state index is 6.17. The highest BCUT2D eigenvalue weighted by atomic mass is 127. The molecule has 3 nitrogen and oxygen atoms in total. The molecule has 20 heavy (non-hydrogen) atoms. The number of benzene rings is 1. The summed E-state index contributed by atoms with van der Waals surface area (Å²) in [6, 6.07) is 9.02. The van der Waals surface area contributed by atoms with Crippen LogP contribution in [0.15, 0.2) is 24.3 Å². The highest BCUT2D eigenvalue weighted by molar-refractivity contribution is 14.1. The highest BCUT2D eigenvalue weighted by Gasteiger charge is 2.40. The number of ether oxygens (including phenoxy) is 2. The van der Waals surface area contributed by atoms with Crippen LogP contribution in [0.25, 0.3) is 0 Å². The summed E-state index contributed by atoms with van der Waals surface area (Å²) in [6.07, 6.45) is 3.41. The van der Waals surface area contributed by atoms with Crippen molar-refractivity contribution in [3.63, 3.8) is 0 Å². The Hall–Kier alpha value is -0.170. The van der Waals surface area contributed by atoms with Crippen LogP contribution in [0.1, 0.15) is 38.7 Å². The SMILES string of the molecule is COCOC(CC(C)C)(NC1CC1)c1ccccc1I. The molecule has 4 heteroatoms. The van der Waals surface area contributed by atoms with Crippen molar-refractivity contribution in [3.05, 3.63) is 33.4 Å². The molecule has 0 aromatic heterocycles. The molecule has 1 saturated carbocycles. The Bertz CT molecular complexity index is 428. The van der Waals surface area contributed by atoms with E-state index in [1.807, 2.05) is 0 Å². The third kappa shape index (κ3) is 4.16. The second kappa shape index (κ2) is 7.20. The lowest BCUT2D eigenvalue weighted by Gasteiger charge is -2.37. The summed E-state index contributed by atoms with van der Waals surface area (Å²) in [5.41, 5.74) is 0.779. The fourth-order valence-corrected chi connectivity index (χ4v) is 3.33. The van der Waals surface area contributed by atoms with Crippen LogP contribution in [-0.2, 0) is 15.2 Å². The van der Waals surface area contributed by atoms with E-state index in [1.165, 1.54) is 22.0 Å². The zero-order valence-corrected chi connectivity index (χ0v) is 14.6. The van der Waals surface area contributed by atoms with Crippen molar-refractivity contribution in [3.8, 4) is 0 Å². The van der Waals surface area contributed by atoms with Crippen LogP contribution in [0.3, 0.4) is 0 Å². The molecule has 1 aromatic rings. The van der Waals surface area contributed by atoms with Crippen LogP contribution in [0.4, 0.5) is 0 Å². The van der Waals surface area contributed by atoms with E-state index in [-0.39, 0.29) is 0 Å². The second-order valence-corrected chi connectivity index (χ2v) is 7.04. The van der Waals surface area contributed by atoms with E-state index >= 15 is 0 Å². The van der Waals surface area contributed by atoms with Crippen molar-refractivity contribution in [2.24, 2.45) is 5.92 Å². The van der Waals surface area contributed by atoms with Gasteiger partial charge in [-0.1, -0.05) is 32.0 Å². The lowest BCUT2D eigenvalue weighted by molar-refractivity contribution is -0.162. The molecule has 2 rings (SSSR count). The summed E-state index contributed by atoms with van der Waals surface area (Å²) in [4.78, 5) is 0. The molecule has 1 atom stereocenters. The van der Waals surface area contributed by atoms with Crippen molar-refractivity contribution in [2.75, 3.05) is 13.9 Å². The van der Waals surface area contributed by atoms with Crippen LogP contribution in [0.2, 0.25) is 0 Å². The van der Waals surface area contributed by atoms with E-state index in [0.29, 0.717) is 18.8 Å². The Kier molecular flexibility index (Phi) is 5.84. The van der Waals surface area contributed by atoms with E-state index in [1.54, 1.807) is 7.11 Å². The third-order valence-corrected chi connectivity index (χ3v) is 4.38. The maximum Gasteiger partial charge on any atom is 0.149 e. The summed E-state index contributed by atoms with van der Waals surface area (Å²) in [7, 11) is 1.67. The zero-order valence-electron chi connectivity index (χ0n) is 12.5. The minimum absolute atomic E-state index is 0.303. The first-order chi connectivity index (χ1) is 9.57. The molecule has 0 saturated heterocycles. The van der Waals surface area contributed by atoms with Gasteiger partial charge in [0.1, 0.15) is 12.5 Å². The van der Waals surface area contributed by atoms with Gasteiger partial charge in [-0.3, -0.25) is 5.32 Å². The number of hydrogen-bond acceptors (Lipinski definition) is 3. The van der Waals surface area contributed by atoms with Gasteiger partial charge in [-0.05, 0) is 53.8 Å². The molecule has 1 aromatic carbocycles. The molecule has 0 amide bonds. The normalized spacial score (nSPS) is 18.2. The van der Waals surface area contributed by atoms with Crippen molar-refractivity contribution < 1.29 is 9.47 Å². The van der Waals surface area contributed by atoms with E-state index in [4.69, 9.17) is 9.47 Å². The fraction of sp³-hybridized carbons (Fsp3) is 0.625. The number of nitrogens with one attached hydrogen (secondary N) is 1. The first-order valence-corrected chi connectivity index (χ1v) is 8.31. The molecule has 0 aliphatic heterocycles. The minimum Gasteiger partial charge on any atom is -0.359 e. The Morgan fingerprint density at radius 3 is 2.60 bits per heavy atom. The summed E-state index contributed by atoms with van der Waals surface area (Å²) in [5, 5.41) is 3.72. The second-order valence-electron chi connectivity index (χ2n) is 5.87. The van der Waals surface area contributed by atoms with E-state index in [9.17, 15) is 0 Å². The van der Waals surface area contributed by atoms with Gasteiger partial charge in [0.05, 0.1) is 0 Å². The molecule has 0 spiro atoms. The minimum atomic E-state index is -0.441. The van der Waals surface area contributed by atoms with Gasteiger partial charge in [-0.25, -0.2) is 0 Å². The standard InChI is InChI=1S/C16H24INO2/c1-12(2)10-16(20-11-19-3,18-13-8-9-13)14-6-4-5-7-15(14)17/h4-7,12-13,18H,8-11H2,1-3H3. The Labute approximate surface area is 135 Å². The number of hydrogen-bond donors (Lipinski definition) is 1. The third-order valence-electron chi connectivity index (χ3n) is 3.44. The van der Waals surface area contributed by atoms with E-state index in [2.05, 4.69) is 66.0 Å². The average molecular weight is 389 g/mol. The number of halogens is 1. The summed E-state index contributed by atoms with van der Waals surface area (Å²) in [6.45, 7) is 4.77. The first-order valence-electron chi connectivity index (χ1n) is 7.23. The predicted molar refractivity (Wildman–Crippen MR) is 89.4 cm³/mol. The van der Waals surface area contributed by atoms with Crippen LogP contribution in [0, 0.1) is 9.49 Å². The molecule has 1 aliphatic rings. The van der Waals surface area contributed by atoms with Crippen molar-refractivity contribution in [1.29, 1.82) is 0 Å². The van der Waals surface area contributed by atoms with Crippen LogP contribution in [0.5, 0.6) is 0 Å². The van der Waals surface area contributed by atoms with Gasteiger partial charge in [0, 0.05) is 22.3 Å². The quantitative estimate of drug-likeness (QED) is 0.541.